The number of nitrogens with one attached hydrogen (secondary N) is 2. The number of carboxylic acids is 1. The SMILES string of the molecule is CC(O)[C@H]1C(=O)N2C(C(=O)O)=C(S[C@H]3C[C@@H](C(=O)N4CCN(C(=N)NC(=O)OCc5ccc([N+](=O)[O-])cc5)CC4)N(C)C3)[C@H](C)[C@H]12. The molecule has 0 bridgehead atoms. The molecule has 46 heavy (non-hydrogen) atoms. The molecule has 0 aliphatic carbocycles. The van der Waals surface area contributed by atoms with Crippen molar-refractivity contribution in [3.8, 4) is 0 Å². The maximum absolute atomic E-state index is 13.5. The summed E-state index contributed by atoms with van der Waals surface area (Å²) >= 11 is 1.40. The number of nitrogens with zero attached hydrogens (tertiary/aromatic N) is 5. The number of guanidine groups is 1. The largest absolute Gasteiger partial charge is 0.477 e. The highest BCUT2D eigenvalue weighted by atomic mass is 32.2. The Labute approximate surface area is 269 Å². The van der Waals surface area contributed by atoms with Crippen LogP contribution in [0.4, 0.5) is 10.5 Å². The number of likely N-dealkylation sites (N-methyl/N-ethyl adjacent to an activating group) is 1. The van der Waals surface area contributed by atoms with E-state index in [4.69, 9.17) is 10.1 Å². The molecule has 3 saturated heterocycles. The minimum absolute atomic E-state index is 0.0239. The van der Waals surface area contributed by atoms with Gasteiger partial charge in [-0.1, -0.05) is 6.92 Å². The van der Waals surface area contributed by atoms with Crippen LogP contribution in [0.25, 0.3) is 0 Å². The van der Waals surface area contributed by atoms with Crippen LogP contribution in [0.5, 0.6) is 0 Å². The number of fused-ring (bicyclic) bond motifs is 1. The molecule has 3 fully saturated rings. The highest BCUT2D eigenvalue weighted by Crippen LogP contribution is 2.52. The number of hydrogen-bond donors (Lipinski definition) is 4. The fraction of sp³-hybridized carbons (Fsp3) is 0.552. The van der Waals surface area contributed by atoms with Gasteiger partial charge in [-0.25, -0.2) is 9.59 Å². The van der Waals surface area contributed by atoms with Crippen molar-refractivity contribution in [1.82, 2.24) is 24.9 Å². The fourth-order valence-corrected chi connectivity index (χ4v) is 8.22. The molecular weight excluding hydrogens is 622 g/mol. The first kappa shape index (κ1) is 33.2. The molecule has 4 aliphatic rings. The summed E-state index contributed by atoms with van der Waals surface area (Å²) in [5.74, 6) is -2.66. The van der Waals surface area contributed by atoms with Crippen LogP contribution in [0.1, 0.15) is 25.8 Å². The average Bonchev–Trinajstić information content (AvgIpc) is 3.50. The summed E-state index contributed by atoms with van der Waals surface area (Å²) in [6.45, 7) is 5.18. The number of ether oxygens (including phenoxy) is 1. The van der Waals surface area contributed by atoms with Gasteiger partial charge in [0, 0.05) is 60.9 Å². The van der Waals surface area contributed by atoms with E-state index < -0.39 is 35.0 Å². The number of hydrogen-bond acceptors (Lipinski definition) is 11. The minimum atomic E-state index is -1.18. The minimum Gasteiger partial charge on any atom is -0.477 e. The van der Waals surface area contributed by atoms with Crippen LogP contribution in [-0.4, -0.2) is 128 Å². The van der Waals surface area contributed by atoms with E-state index in [1.807, 2.05) is 18.9 Å². The molecule has 0 spiro atoms. The molecule has 4 heterocycles. The third-order valence-corrected chi connectivity index (χ3v) is 10.5. The molecule has 6 atom stereocenters. The molecule has 4 N–H and O–H groups in total. The molecule has 248 valence electrons. The topological polar surface area (TPSA) is 210 Å². The normalized spacial score (nSPS) is 26.8. The third kappa shape index (κ3) is 6.39. The summed E-state index contributed by atoms with van der Waals surface area (Å²) in [7, 11) is 1.85. The van der Waals surface area contributed by atoms with Gasteiger partial charge in [0.1, 0.15) is 12.3 Å². The van der Waals surface area contributed by atoms with Gasteiger partial charge in [0.15, 0.2) is 0 Å². The lowest BCUT2D eigenvalue weighted by atomic mass is 9.79. The second-order valence-corrected chi connectivity index (χ2v) is 13.3. The van der Waals surface area contributed by atoms with E-state index in [1.165, 1.54) is 40.9 Å². The van der Waals surface area contributed by atoms with E-state index in [2.05, 4.69) is 5.32 Å². The van der Waals surface area contributed by atoms with Crippen molar-refractivity contribution < 1.29 is 39.1 Å². The van der Waals surface area contributed by atoms with Crippen LogP contribution in [0.2, 0.25) is 0 Å². The number of carbonyl (C=O) groups is 4. The molecular formula is C29H37N7O9S. The number of aliphatic carboxylic acids is 1. The number of β-lactam (4-membered cyclic amide) rings is 1. The maximum atomic E-state index is 13.5. The summed E-state index contributed by atoms with van der Waals surface area (Å²) in [6, 6.07) is 4.77. The second kappa shape index (κ2) is 13.3. The zero-order valence-electron chi connectivity index (χ0n) is 25.6. The third-order valence-electron chi connectivity index (χ3n) is 9.04. The maximum Gasteiger partial charge on any atom is 0.414 e. The fourth-order valence-electron chi connectivity index (χ4n) is 6.62. The number of benzene rings is 1. The van der Waals surface area contributed by atoms with E-state index in [-0.39, 0.29) is 53.0 Å². The standard InChI is InChI=1S/C29H37N7O9S/c1-15-22-21(16(2)37)26(39)35(22)23(27(40)41)24(15)46-19-12-20(32(3)13-19)25(38)33-8-10-34(11-9-33)28(30)31-29(42)45-14-17-4-6-18(7-5-17)36(43)44/h4-7,15-16,19-22,37H,8-14H2,1-3H3,(H,40,41)(H2,30,31,42)/t15-,16?,19+,20+,21-,22-/m1/s1. The Morgan fingerprint density at radius 3 is 2.39 bits per heavy atom. The van der Waals surface area contributed by atoms with E-state index in [9.17, 15) is 39.5 Å². The molecule has 0 radical (unpaired) electrons. The first-order valence-corrected chi connectivity index (χ1v) is 15.8. The Morgan fingerprint density at radius 2 is 1.80 bits per heavy atom. The number of non-ortho nitro benzene ring substituents is 1. The average molecular weight is 660 g/mol. The number of rotatable bonds is 8. The van der Waals surface area contributed by atoms with Crippen LogP contribution >= 0.6 is 11.8 Å². The lowest BCUT2D eigenvalue weighted by Gasteiger charge is -2.46. The first-order valence-electron chi connectivity index (χ1n) is 14.9. The van der Waals surface area contributed by atoms with Crippen molar-refractivity contribution in [3.63, 3.8) is 0 Å². The van der Waals surface area contributed by atoms with Crippen molar-refractivity contribution in [3.05, 3.63) is 50.5 Å². The van der Waals surface area contributed by atoms with Gasteiger partial charge in [-0.2, -0.15) is 0 Å². The van der Waals surface area contributed by atoms with Crippen LogP contribution in [-0.2, 0) is 25.7 Å². The van der Waals surface area contributed by atoms with Gasteiger partial charge >= 0.3 is 12.1 Å². The predicted octanol–water partition coefficient (Wildman–Crippen LogP) is 0.860. The van der Waals surface area contributed by atoms with Crippen molar-refractivity contribution in [2.24, 2.45) is 11.8 Å². The number of carboxylic acid groups (broad SMARTS) is 1. The van der Waals surface area contributed by atoms with Crippen molar-refractivity contribution in [1.29, 1.82) is 5.41 Å². The number of aliphatic hydroxyl groups is 1. The Kier molecular flexibility index (Phi) is 9.55. The number of nitro groups is 1. The van der Waals surface area contributed by atoms with E-state index >= 15 is 0 Å². The zero-order valence-corrected chi connectivity index (χ0v) is 26.4. The number of nitro benzene ring substituents is 1. The Bertz CT molecular complexity index is 1460. The van der Waals surface area contributed by atoms with Gasteiger partial charge in [0.25, 0.3) is 5.69 Å². The zero-order chi connectivity index (χ0) is 33.4. The molecule has 1 aromatic carbocycles. The van der Waals surface area contributed by atoms with Crippen LogP contribution in [0, 0.1) is 27.4 Å². The molecule has 0 saturated carbocycles. The number of piperazine rings is 1. The summed E-state index contributed by atoms with van der Waals surface area (Å²) in [4.78, 5) is 68.0. The van der Waals surface area contributed by atoms with E-state index in [0.717, 1.165) is 0 Å². The lowest BCUT2D eigenvalue weighted by Crippen LogP contribution is -2.63. The summed E-state index contributed by atoms with van der Waals surface area (Å²) in [6.07, 6.45) is -1.22. The van der Waals surface area contributed by atoms with Gasteiger partial charge in [-0.3, -0.25) is 35.3 Å². The molecule has 5 rings (SSSR count). The second-order valence-electron chi connectivity index (χ2n) is 12.0. The number of alkyl carbamates (subject to hydrolysis) is 1. The summed E-state index contributed by atoms with van der Waals surface area (Å²) in [5, 5.41) is 41.4. The lowest BCUT2D eigenvalue weighted by molar-refractivity contribution is -0.384. The van der Waals surface area contributed by atoms with Crippen molar-refractivity contribution in [2.75, 3.05) is 39.8 Å². The molecule has 1 aromatic rings. The molecule has 4 aliphatic heterocycles. The Hall–Kier alpha value is -4.22. The summed E-state index contributed by atoms with van der Waals surface area (Å²) in [5.41, 5.74) is 0.454. The molecule has 3 amide bonds. The molecule has 1 unspecified atom stereocenters. The molecule has 0 aromatic heterocycles. The van der Waals surface area contributed by atoms with Gasteiger partial charge < -0.3 is 29.6 Å². The van der Waals surface area contributed by atoms with Gasteiger partial charge in [-0.05, 0) is 38.1 Å². The van der Waals surface area contributed by atoms with Crippen LogP contribution in [0.15, 0.2) is 34.9 Å². The van der Waals surface area contributed by atoms with Gasteiger partial charge in [-0.15, -0.1) is 11.8 Å². The highest BCUT2D eigenvalue weighted by Gasteiger charge is 2.60. The van der Waals surface area contributed by atoms with Crippen molar-refractivity contribution >= 4 is 47.3 Å². The number of likely N-dealkylation sites (tertiary alicyclic amines) is 1. The predicted molar refractivity (Wildman–Crippen MR) is 164 cm³/mol. The van der Waals surface area contributed by atoms with Crippen LogP contribution in [0.3, 0.4) is 0 Å². The monoisotopic (exact) mass is 659 g/mol. The molecule has 16 nitrogen and oxygen atoms in total. The number of carbonyl (C=O) groups excluding carboxylic acids is 3. The van der Waals surface area contributed by atoms with Crippen LogP contribution < -0.4 is 5.32 Å². The van der Waals surface area contributed by atoms with Gasteiger partial charge in [0.05, 0.1) is 29.0 Å². The first-order chi connectivity index (χ1) is 21.8. The quantitative estimate of drug-likeness (QED) is 0.101. The smallest absolute Gasteiger partial charge is 0.414 e. The van der Waals surface area contributed by atoms with E-state index in [1.54, 1.807) is 16.7 Å². The number of thioether (sulfide) groups is 1. The number of aliphatic hydroxyl groups excluding tert-OH is 1. The van der Waals surface area contributed by atoms with Crippen molar-refractivity contribution in [2.45, 2.75) is 50.3 Å². The highest BCUT2D eigenvalue weighted by molar-refractivity contribution is 8.03. The van der Waals surface area contributed by atoms with Gasteiger partial charge in [0.2, 0.25) is 17.8 Å². The molecule has 17 heteroatoms. The summed E-state index contributed by atoms with van der Waals surface area (Å²) < 4.78 is 5.12. The Balaban J connectivity index is 1.10. The van der Waals surface area contributed by atoms with E-state index in [0.29, 0.717) is 49.6 Å². The Morgan fingerprint density at radius 1 is 1.17 bits per heavy atom. The number of amides is 3.